The maximum atomic E-state index is 12.6. The fraction of sp³-hybridized carbons (Fsp3) is 0.300. The Labute approximate surface area is 156 Å². The Morgan fingerprint density at radius 2 is 1.88 bits per heavy atom. The molecule has 2 aromatic carbocycles. The number of carboxylic acid groups (broad SMARTS) is 1. The topological polar surface area (TPSA) is 75.6 Å². The Bertz CT molecular complexity index is 828. The van der Waals surface area contributed by atoms with Gasteiger partial charge in [0.2, 0.25) is 5.91 Å². The molecule has 2 N–H and O–H groups in total. The van der Waals surface area contributed by atoms with E-state index in [2.05, 4.69) is 5.32 Å². The van der Waals surface area contributed by atoms with Crippen molar-refractivity contribution in [3.8, 4) is 5.75 Å². The molecule has 136 valence electrons. The summed E-state index contributed by atoms with van der Waals surface area (Å²) in [6.07, 6.45) is 2.22. The first-order chi connectivity index (χ1) is 12.5. The van der Waals surface area contributed by atoms with Gasteiger partial charge in [-0.15, -0.1) is 0 Å². The van der Waals surface area contributed by atoms with E-state index in [-0.39, 0.29) is 11.5 Å². The predicted octanol–water partition coefficient (Wildman–Crippen LogP) is 3.44. The summed E-state index contributed by atoms with van der Waals surface area (Å²) < 4.78 is 5.27. The van der Waals surface area contributed by atoms with E-state index >= 15 is 0 Å². The number of aromatic carboxylic acids is 1. The van der Waals surface area contributed by atoms with E-state index in [1.54, 1.807) is 18.2 Å². The Morgan fingerprint density at radius 3 is 2.46 bits per heavy atom. The summed E-state index contributed by atoms with van der Waals surface area (Å²) in [5, 5.41) is 12.7. The lowest BCUT2D eigenvalue weighted by Crippen LogP contribution is -2.36. The number of ether oxygens (including phenoxy) is 1. The van der Waals surface area contributed by atoms with Gasteiger partial charge in [-0.25, -0.2) is 4.79 Å². The number of carbonyl (C=O) groups is 2. The Morgan fingerprint density at radius 1 is 1.19 bits per heavy atom. The maximum absolute atomic E-state index is 12.6. The van der Waals surface area contributed by atoms with Gasteiger partial charge in [-0.1, -0.05) is 29.8 Å². The van der Waals surface area contributed by atoms with Crippen molar-refractivity contribution < 1.29 is 19.4 Å². The SMILES string of the molecule is COc1cc(C(=O)O)ccc1CCNC(=O)C1(c2ccc(Cl)cc2)CC1. The molecular weight excluding hydrogens is 354 g/mol. The fourth-order valence-electron chi connectivity index (χ4n) is 3.10. The molecule has 0 spiro atoms. The molecule has 0 heterocycles. The Kier molecular flexibility index (Phi) is 5.18. The van der Waals surface area contributed by atoms with Crippen LogP contribution in [0.1, 0.15) is 34.3 Å². The molecule has 1 saturated carbocycles. The van der Waals surface area contributed by atoms with Crippen LogP contribution in [0.2, 0.25) is 5.02 Å². The van der Waals surface area contributed by atoms with Gasteiger partial charge < -0.3 is 15.2 Å². The van der Waals surface area contributed by atoms with E-state index < -0.39 is 11.4 Å². The van der Waals surface area contributed by atoms with Crippen LogP contribution < -0.4 is 10.1 Å². The van der Waals surface area contributed by atoms with Crippen molar-refractivity contribution in [2.75, 3.05) is 13.7 Å². The fourth-order valence-corrected chi connectivity index (χ4v) is 3.23. The number of nitrogens with one attached hydrogen (secondary N) is 1. The minimum Gasteiger partial charge on any atom is -0.496 e. The summed E-state index contributed by atoms with van der Waals surface area (Å²) in [4.78, 5) is 23.7. The summed E-state index contributed by atoms with van der Waals surface area (Å²) in [5.41, 5.74) is 1.58. The van der Waals surface area contributed by atoms with Crippen LogP contribution in [0.5, 0.6) is 5.75 Å². The standard InChI is InChI=1S/C20H20ClNO4/c1-26-17-12-14(18(23)24)3-2-13(17)8-11-22-19(25)20(9-10-20)15-4-6-16(21)7-5-15/h2-7,12H,8-11H2,1H3,(H,22,25)(H,23,24). The first kappa shape index (κ1) is 18.3. The number of amides is 1. The molecule has 0 radical (unpaired) electrons. The number of hydrogen-bond donors (Lipinski definition) is 2. The molecule has 2 aromatic rings. The van der Waals surface area contributed by atoms with Gasteiger partial charge in [-0.05, 0) is 54.7 Å². The molecule has 6 heteroatoms. The van der Waals surface area contributed by atoms with Crippen molar-refractivity contribution in [3.63, 3.8) is 0 Å². The van der Waals surface area contributed by atoms with Crippen molar-refractivity contribution in [1.29, 1.82) is 0 Å². The van der Waals surface area contributed by atoms with Crippen molar-refractivity contribution in [1.82, 2.24) is 5.32 Å². The second kappa shape index (κ2) is 7.38. The van der Waals surface area contributed by atoms with Gasteiger partial charge in [0, 0.05) is 11.6 Å². The van der Waals surface area contributed by atoms with Gasteiger partial charge in [-0.2, -0.15) is 0 Å². The lowest BCUT2D eigenvalue weighted by molar-refractivity contribution is -0.123. The maximum Gasteiger partial charge on any atom is 0.335 e. The highest BCUT2D eigenvalue weighted by molar-refractivity contribution is 6.30. The molecule has 0 aromatic heterocycles. The monoisotopic (exact) mass is 373 g/mol. The molecular formula is C20H20ClNO4. The summed E-state index contributed by atoms with van der Waals surface area (Å²) >= 11 is 5.92. The van der Waals surface area contributed by atoms with E-state index in [1.165, 1.54) is 19.2 Å². The molecule has 5 nitrogen and oxygen atoms in total. The first-order valence-electron chi connectivity index (χ1n) is 8.41. The van der Waals surface area contributed by atoms with Crippen LogP contribution in [0, 0.1) is 0 Å². The molecule has 0 atom stereocenters. The van der Waals surface area contributed by atoms with Crippen LogP contribution in [-0.4, -0.2) is 30.6 Å². The molecule has 1 fully saturated rings. The zero-order valence-corrected chi connectivity index (χ0v) is 15.2. The number of carboxylic acids is 1. The second-order valence-electron chi connectivity index (χ2n) is 6.43. The molecule has 0 unspecified atom stereocenters. The third-order valence-electron chi connectivity index (χ3n) is 4.80. The Balaban J connectivity index is 1.62. The highest BCUT2D eigenvalue weighted by Gasteiger charge is 2.50. The van der Waals surface area contributed by atoms with E-state index in [0.29, 0.717) is 23.7 Å². The number of halogens is 1. The summed E-state index contributed by atoms with van der Waals surface area (Å²) in [5.74, 6) is -0.472. The third-order valence-corrected chi connectivity index (χ3v) is 5.05. The van der Waals surface area contributed by atoms with E-state index in [9.17, 15) is 9.59 Å². The quantitative estimate of drug-likeness (QED) is 0.779. The van der Waals surface area contributed by atoms with Crippen LogP contribution in [-0.2, 0) is 16.6 Å². The Hall–Kier alpha value is -2.53. The third kappa shape index (κ3) is 3.68. The number of rotatable bonds is 7. The number of methoxy groups -OCH3 is 1. The molecule has 1 aliphatic carbocycles. The van der Waals surface area contributed by atoms with Crippen molar-refractivity contribution in [2.45, 2.75) is 24.7 Å². The van der Waals surface area contributed by atoms with E-state index in [4.69, 9.17) is 21.4 Å². The average Bonchev–Trinajstić information content (AvgIpc) is 3.44. The van der Waals surface area contributed by atoms with Crippen LogP contribution in [0.15, 0.2) is 42.5 Å². The molecule has 3 rings (SSSR count). The van der Waals surface area contributed by atoms with Crippen molar-refractivity contribution in [3.05, 3.63) is 64.2 Å². The molecule has 26 heavy (non-hydrogen) atoms. The van der Waals surface area contributed by atoms with Crippen molar-refractivity contribution in [2.24, 2.45) is 0 Å². The van der Waals surface area contributed by atoms with Gasteiger partial charge >= 0.3 is 5.97 Å². The lowest BCUT2D eigenvalue weighted by atomic mass is 9.95. The van der Waals surface area contributed by atoms with Crippen LogP contribution in [0.25, 0.3) is 0 Å². The molecule has 1 aliphatic rings. The summed E-state index contributed by atoms with van der Waals surface area (Å²) in [6.45, 7) is 0.455. The summed E-state index contributed by atoms with van der Waals surface area (Å²) in [7, 11) is 1.50. The van der Waals surface area contributed by atoms with Gasteiger partial charge in [0.05, 0.1) is 18.1 Å². The van der Waals surface area contributed by atoms with Crippen LogP contribution >= 0.6 is 11.6 Å². The molecule has 0 bridgehead atoms. The van der Waals surface area contributed by atoms with Crippen molar-refractivity contribution >= 4 is 23.5 Å². The zero-order valence-electron chi connectivity index (χ0n) is 14.4. The van der Waals surface area contributed by atoms with E-state index in [0.717, 1.165) is 24.0 Å². The van der Waals surface area contributed by atoms with E-state index in [1.807, 2.05) is 12.1 Å². The van der Waals surface area contributed by atoms with Crippen LogP contribution in [0.3, 0.4) is 0 Å². The van der Waals surface area contributed by atoms with Gasteiger partial charge in [0.15, 0.2) is 0 Å². The predicted molar refractivity (Wildman–Crippen MR) is 99.0 cm³/mol. The number of hydrogen-bond acceptors (Lipinski definition) is 3. The smallest absolute Gasteiger partial charge is 0.335 e. The number of benzene rings is 2. The highest BCUT2D eigenvalue weighted by Crippen LogP contribution is 2.48. The largest absolute Gasteiger partial charge is 0.496 e. The molecule has 1 amide bonds. The summed E-state index contributed by atoms with van der Waals surface area (Å²) in [6, 6.07) is 12.2. The minimum absolute atomic E-state index is 0.0148. The second-order valence-corrected chi connectivity index (χ2v) is 6.86. The highest BCUT2D eigenvalue weighted by atomic mass is 35.5. The van der Waals surface area contributed by atoms with Gasteiger partial charge in [0.25, 0.3) is 0 Å². The molecule has 0 aliphatic heterocycles. The number of carbonyl (C=O) groups excluding carboxylic acids is 1. The normalized spacial score (nSPS) is 14.5. The van der Waals surface area contributed by atoms with Gasteiger partial charge in [-0.3, -0.25) is 4.79 Å². The van der Waals surface area contributed by atoms with Gasteiger partial charge in [0.1, 0.15) is 5.75 Å². The van der Waals surface area contributed by atoms with Crippen LogP contribution in [0.4, 0.5) is 0 Å². The first-order valence-corrected chi connectivity index (χ1v) is 8.78. The minimum atomic E-state index is -0.998. The zero-order chi connectivity index (χ0) is 18.7. The lowest BCUT2D eigenvalue weighted by Gasteiger charge is -2.16. The average molecular weight is 374 g/mol. The molecule has 0 saturated heterocycles.